The molecule has 0 N–H and O–H groups in total. The van der Waals surface area contributed by atoms with Gasteiger partial charge in [0.1, 0.15) is 0 Å². The van der Waals surface area contributed by atoms with Gasteiger partial charge < -0.3 is 4.74 Å². The Morgan fingerprint density at radius 3 is 0.966 bits per heavy atom. The molecule has 0 saturated heterocycles. The maximum absolute atomic E-state index is 7.21. The molecular weight excluding hydrogens is 352 g/mol. The zero-order valence-corrected chi connectivity index (χ0v) is 23.1. The highest BCUT2D eigenvalue weighted by atomic mass is 16.5. The molecule has 0 saturated carbocycles. The van der Waals surface area contributed by atoms with E-state index in [1.807, 2.05) is 0 Å². The summed E-state index contributed by atoms with van der Waals surface area (Å²) in [7, 11) is 0. The number of hydrogen-bond acceptors (Lipinski definition) is 1. The Morgan fingerprint density at radius 2 is 0.759 bits per heavy atom. The fourth-order valence-electron chi connectivity index (χ4n) is 5.34. The lowest BCUT2D eigenvalue weighted by Crippen LogP contribution is -2.60. The Balaban J connectivity index is 5.98. The Hall–Kier alpha value is -0.0400. The third kappa shape index (κ3) is 5.61. The first-order valence-corrected chi connectivity index (χ1v) is 12.7. The van der Waals surface area contributed by atoms with Crippen molar-refractivity contribution in [3.63, 3.8) is 0 Å². The van der Waals surface area contributed by atoms with Crippen LogP contribution in [0.1, 0.15) is 148 Å². The van der Waals surface area contributed by atoms with Gasteiger partial charge in [0.2, 0.25) is 0 Å². The lowest BCUT2D eigenvalue weighted by Gasteiger charge is -2.60. The summed E-state index contributed by atoms with van der Waals surface area (Å²) in [6.07, 6.45) is 10.0. The van der Waals surface area contributed by atoms with Crippen molar-refractivity contribution in [2.45, 2.75) is 160 Å². The van der Waals surface area contributed by atoms with Gasteiger partial charge in [-0.15, -0.1) is 0 Å². The van der Waals surface area contributed by atoms with Crippen LogP contribution in [0.4, 0.5) is 0 Å². The maximum Gasteiger partial charge on any atom is 0.0689 e. The molecule has 0 spiro atoms. The van der Waals surface area contributed by atoms with E-state index in [0.717, 1.165) is 0 Å². The summed E-state index contributed by atoms with van der Waals surface area (Å²) in [5, 5.41) is 0. The highest BCUT2D eigenvalue weighted by molar-refractivity contribution is 5.05. The van der Waals surface area contributed by atoms with Gasteiger partial charge in [0.15, 0.2) is 0 Å². The highest BCUT2D eigenvalue weighted by Crippen LogP contribution is 2.58. The Kier molecular flexibility index (Phi) is 10.0. The van der Waals surface area contributed by atoms with E-state index in [1.54, 1.807) is 0 Å². The molecule has 2 atom stereocenters. The first-order valence-electron chi connectivity index (χ1n) is 12.7. The Morgan fingerprint density at radius 1 is 0.483 bits per heavy atom. The van der Waals surface area contributed by atoms with Gasteiger partial charge >= 0.3 is 0 Å². The van der Waals surface area contributed by atoms with Crippen molar-refractivity contribution in [3.8, 4) is 0 Å². The molecular formula is C28H58O. The fraction of sp³-hybridized carbons (Fsp3) is 1.00. The van der Waals surface area contributed by atoms with Crippen LogP contribution < -0.4 is 0 Å². The smallest absolute Gasteiger partial charge is 0.0689 e. The molecule has 0 aromatic rings. The first kappa shape index (κ1) is 29.0. The average molecular weight is 411 g/mol. The summed E-state index contributed by atoms with van der Waals surface area (Å²) in [5.41, 5.74) is 0.246. The van der Waals surface area contributed by atoms with Crippen molar-refractivity contribution in [1.29, 1.82) is 0 Å². The molecule has 0 aliphatic heterocycles. The van der Waals surface area contributed by atoms with Crippen LogP contribution in [0.15, 0.2) is 0 Å². The second kappa shape index (κ2) is 10.1. The van der Waals surface area contributed by atoms with E-state index in [4.69, 9.17) is 4.74 Å². The van der Waals surface area contributed by atoms with E-state index in [2.05, 4.69) is 96.9 Å². The largest absolute Gasteiger partial charge is 0.369 e. The standard InChI is InChI=1S/C28H58O/c1-15-19-21-27(13,17-3)23(5,6)25(9,10)29-26(11,12)24(7,8)28(14,18-4)22-20-16-2/h15-22H2,1-14H3. The molecule has 0 heterocycles. The van der Waals surface area contributed by atoms with E-state index < -0.39 is 0 Å². The lowest BCUT2D eigenvalue weighted by atomic mass is 9.54. The van der Waals surface area contributed by atoms with Crippen LogP contribution in [0.3, 0.4) is 0 Å². The summed E-state index contributed by atoms with van der Waals surface area (Å²) in [6, 6.07) is 0. The van der Waals surface area contributed by atoms with Gasteiger partial charge in [-0.3, -0.25) is 0 Å². The van der Waals surface area contributed by atoms with Gasteiger partial charge in [-0.2, -0.15) is 0 Å². The van der Waals surface area contributed by atoms with E-state index in [9.17, 15) is 0 Å². The third-order valence-corrected chi connectivity index (χ3v) is 10.3. The van der Waals surface area contributed by atoms with Crippen molar-refractivity contribution in [3.05, 3.63) is 0 Å². The van der Waals surface area contributed by atoms with Gasteiger partial charge in [0.05, 0.1) is 11.2 Å². The molecule has 0 aromatic heterocycles. The first-order chi connectivity index (χ1) is 12.9. The monoisotopic (exact) mass is 410 g/mol. The molecule has 2 unspecified atom stereocenters. The molecule has 176 valence electrons. The van der Waals surface area contributed by atoms with Crippen LogP contribution in [-0.2, 0) is 4.74 Å². The Bertz CT molecular complexity index is 441. The van der Waals surface area contributed by atoms with Crippen LogP contribution in [0.2, 0.25) is 0 Å². The maximum atomic E-state index is 7.21. The van der Waals surface area contributed by atoms with E-state index in [-0.39, 0.29) is 32.9 Å². The minimum Gasteiger partial charge on any atom is -0.369 e. The number of rotatable bonds is 14. The van der Waals surface area contributed by atoms with Crippen molar-refractivity contribution in [2.75, 3.05) is 0 Å². The quantitative estimate of drug-likeness (QED) is 0.277. The number of ether oxygens (including phenoxy) is 1. The van der Waals surface area contributed by atoms with Crippen LogP contribution >= 0.6 is 0 Å². The molecule has 0 aromatic carbocycles. The van der Waals surface area contributed by atoms with Crippen molar-refractivity contribution in [1.82, 2.24) is 0 Å². The van der Waals surface area contributed by atoms with Gasteiger partial charge in [0.25, 0.3) is 0 Å². The molecule has 1 heteroatoms. The minimum absolute atomic E-state index is 0.0727. The number of hydrogen-bond donors (Lipinski definition) is 0. The van der Waals surface area contributed by atoms with Crippen LogP contribution in [0.25, 0.3) is 0 Å². The molecule has 0 radical (unpaired) electrons. The molecule has 0 aliphatic carbocycles. The summed E-state index contributed by atoms with van der Waals surface area (Å²) >= 11 is 0. The van der Waals surface area contributed by atoms with E-state index >= 15 is 0 Å². The van der Waals surface area contributed by atoms with Gasteiger partial charge in [-0.25, -0.2) is 0 Å². The molecule has 0 rings (SSSR count). The van der Waals surface area contributed by atoms with E-state index in [0.29, 0.717) is 0 Å². The summed E-state index contributed by atoms with van der Waals surface area (Å²) < 4.78 is 7.21. The zero-order chi connectivity index (χ0) is 23.4. The molecule has 0 aliphatic rings. The van der Waals surface area contributed by atoms with E-state index in [1.165, 1.54) is 51.4 Å². The second-order valence-corrected chi connectivity index (χ2v) is 12.4. The van der Waals surface area contributed by atoms with Gasteiger partial charge in [-0.1, -0.05) is 108 Å². The molecule has 0 amide bonds. The third-order valence-electron chi connectivity index (χ3n) is 10.3. The highest BCUT2D eigenvalue weighted by Gasteiger charge is 2.56. The van der Waals surface area contributed by atoms with Gasteiger partial charge in [0, 0.05) is 0 Å². The van der Waals surface area contributed by atoms with Crippen LogP contribution in [0.5, 0.6) is 0 Å². The summed E-state index contributed by atoms with van der Waals surface area (Å²) in [6.45, 7) is 33.5. The van der Waals surface area contributed by atoms with Crippen molar-refractivity contribution >= 4 is 0 Å². The number of unbranched alkanes of at least 4 members (excludes halogenated alkanes) is 2. The normalized spacial score (nSPS) is 18.4. The predicted octanol–water partition coefficient (Wildman–Crippen LogP) is 9.83. The lowest BCUT2D eigenvalue weighted by molar-refractivity contribution is -0.256. The fourth-order valence-corrected chi connectivity index (χ4v) is 5.34. The predicted molar refractivity (Wildman–Crippen MR) is 133 cm³/mol. The Labute approximate surface area is 186 Å². The van der Waals surface area contributed by atoms with Crippen molar-refractivity contribution in [2.24, 2.45) is 21.7 Å². The zero-order valence-electron chi connectivity index (χ0n) is 23.1. The second-order valence-electron chi connectivity index (χ2n) is 12.4. The van der Waals surface area contributed by atoms with Crippen LogP contribution in [-0.4, -0.2) is 11.2 Å². The molecule has 0 fully saturated rings. The van der Waals surface area contributed by atoms with Gasteiger partial charge in [-0.05, 0) is 62.2 Å². The van der Waals surface area contributed by atoms with Crippen molar-refractivity contribution < 1.29 is 4.74 Å². The van der Waals surface area contributed by atoms with Crippen LogP contribution in [0, 0.1) is 21.7 Å². The SMILES string of the molecule is CCCCC(C)(CC)C(C)(C)C(C)(C)OC(C)(C)C(C)(C)C(C)(CC)CCCC. The summed E-state index contributed by atoms with van der Waals surface area (Å²) in [4.78, 5) is 0. The minimum atomic E-state index is -0.217. The topological polar surface area (TPSA) is 9.23 Å². The molecule has 29 heavy (non-hydrogen) atoms. The summed E-state index contributed by atoms with van der Waals surface area (Å²) in [5.74, 6) is 0. The molecule has 1 nitrogen and oxygen atoms in total. The molecule has 0 bridgehead atoms. The average Bonchev–Trinajstić information content (AvgIpc) is 2.62.